The van der Waals surface area contributed by atoms with Crippen molar-refractivity contribution in [2.45, 2.75) is 68.6 Å². The Labute approximate surface area is 138 Å². The third kappa shape index (κ3) is 9.05. The molecule has 1 amide bonds. The minimum absolute atomic E-state index is 0.272. The lowest BCUT2D eigenvalue weighted by molar-refractivity contribution is -0.110. The van der Waals surface area contributed by atoms with Crippen LogP contribution in [-0.2, 0) is 4.79 Å². The van der Waals surface area contributed by atoms with Gasteiger partial charge in [-0.2, -0.15) is 0 Å². The van der Waals surface area contributed by atoms with Crippen LogP contribution >= 0.6 is 23.4 Å². The van der Waals surface area contributed by atoms with Crippen molar-refractivity contribution in [2.24, 2.45) is 0 Å². The van der Waals surface area contributed by atoms with Gasteiger partial charge in [0.2, 0.25) is 6.41 Å². The van der Waals surface area contributed by atoms with Gasteiger partial charge < -0.3 is 5.32 Å². The lowest BCUT2D eigenvalue weighted by Gasteiger charge is -2.19. The molecule has 1 aromatic carbocycles. The number of benzene rings is 1. The monoisotopic (exact) mass is 327 g/mol. The Morgan fingerprint density at radius 1 is 1.14 bits per heavy atom. The van der Waals surface area contributed by atoms with Crippen LogP contribution in [-0.4, -0.2) is 17.2 Å². The first-order valence-electron chi connectivity index (χ1n) is 7.55. The van der Waals surface area contributed by atoms with Gasteiger partial charge in [-0.15, -0.1) is 11.8 Å². The number of amides is 1. The molecule has 0 saturated heterocycles. The molecule has 1 aromatic rings. The molecule has 0 aliphatic heterocycles. The van der Waals surface area contributed by atoms with E-state index in [1.54, 1.807) is 0 Å². The smallest absolute Gasteiger partial charge is 0.207 e. The van der Waals surface area contributed by atoms with Gasteiger partial charge in [0, 0.05) is 20.7 Å². The summed E-state index contributed by atoms with van der Waals surface area (Å²) in [5.74, 6) is 0. The van der Waals surface area contributed by atoms with Crippen molar-refractivity contribution < 1.29 is 4.79 Å². The average Bonchev–Trinajstić information content (AvgIpc) is 2.42. The van der Waals surface area contributed by atoms with Crippen LogP contribution in [0.4, 0.5) is 0 Å². The molecule has 21 heavy (non-hydrogen) atoms. The van der Waals surface area contributed by atoms with Crippen molar-refractivity contribution >= 4 is 29.8 Å². The summed E-state index contributed by atoms with van der Waals surface area (Å²) in [6.07, 6.45) is 7.08. The summed E-state index contributed by atoms with van der Waals surface area (Å²) < 4.78 is 0.272. The van der Waals surface area contributed by atoms with Crippen LogP contribution in [0.25, 0.3) is 0 Å². The van der Waals surface area contributed by atoms with Crippen LogP contribution in [0.15, 0.2) is 29.2 Å². The number of thioether (sulfide) groups is 1. The molecule has 0 unspecified atom stereocenters. The molecule has 2 rings (SSSR count). The summed E-state index contributed by atoms with van der Waals surface area (Å²) in [5, 5.41) is 3.60. The second-order valence-corrected chi connectivity index (χ2v) is 8.62. The maximum absolute atomic E-state index is 9.96. The van der Waals surface area contributed by atoms with Gasteiger partial charge in [0.05, 0.1) is 0 Å². The molecule has 0 heterocycles. The maximum atomic E-state index is 9.96. The van der Waals surface area contributed by atoms with Gasteiger partial charge in [-0.1, -0.05) is 51.6 Å². The first-order chi connectivity index (χ1) is 9.90. The van der Waals surface area contributed by atoms with E-state index in [4.69, 9.17) is 11.6 Å². The van der Waals surface area contributed by atoms with E-state index in [1.807, 2.05) is 23.9 Å². The molecule has 0 bridgehead atoms. The molecule has 0 radical (unpaired) electrons. The average molecular weight is 328 g/mol. The minimum Gasteiger partial charge on any atom is -0.356 e. The van der Waals surface area contributed by atoms with E-state index in [-0.39, 0.29) is 4.75 Å². The molecular weight excluding hydrogens is 302 g/mol. The lowest BCUT2D eigenvalue weighted by Crippen LogP contribution is -2.29. The first kappa shape index (κ1) is 18.4. The number of halogens is 1. The van der Waals surface area contributed by atoms with Crippen LogP contribution in [0.1, 0.15) is 52.9 Å². The maximum Gasteiger partial charge on any atom is 0.207 e. The van der Waals surface area contributed by atoms with E-state index in [1.165, 1.54) is 37.0 Å². The Bertz CT molecular complexity index is 408. The Balaban J connectivity index is 0.000000219. The number of carbonyl (C=O) groups excluding carboxylic acids is 1. The molecule has 0 spiro atoms. The molecule has 1 N–H and O–H groups in total. The highest BCUT2D eigenvalue weighted by molar-refractivity contribution is 8.00. The standard InChI is InChI=1S/C10H13ClS.C7H13NO/c1-10(2,3)12-9-6-4-8(11)5-7-9;9-6-8-7-4-2-1-3-5-7/h4-7H,1-3H3;6-7H,1-5H2,(H,8,9). The Morgan fingerprint density at radius 3 is 2.19 bits per heavy atom. The normalized spacial score (nSPS) is 15.8. The van der Waals surface area contributed by atoms with Crippen molar-refractivity contribution in [1.82, 2.24) is 5.32 Å². The molecule has 0 atom stereocenters. The van der Waals surface area contributed by atoms with Gasteiger partial charge in [0.15, 0.2) is 0 Å². The summed E-state index contributed by atoms with van der Waals surface area (Å²) in [4.78, 5) is 11.2. The fourth-order valence-electron chi connectivity index (χ4n) is 2.22. The van der Waals surface area contributed by atoms with E-state index >= 15 is 0 Å². The number of hydrogen-bond acceptors (Lipinski definition) is 2. The Hall–Kier alpha value is -0.670. The van der Waals surface area contributed by atoms with Gasteiger partial charge in [-0.3, -0.25) is 4.79 Å². The summed E-state index contributed by atoms with van der Waals surface area (Å²) in [7, 11) is 0. The van der Waals surface area contributed by atoms with Gasteiger partial charge in [0.25, 0.3) is 0 Å². The van der Waals surface area contributed by atoms with E-state index in [0.29, 0.717) is 6.04 Å². The third-order valence-corrected chi connectivity index (χ3v) is 4.52. The number of rotatable bonds is 3. The predicted molar refractivity (Wildman–Crippen MR) is 93.1 cm³/mol. The molecule has 1 saturated carbocycles. The van der Waals surface area contributed by atoms with Crippen LogP contribution in [0.3, 0.4) is 0 Å². The van der Waals surface area contributed by atoms with Crippen LogP contribution in [0.5, 0.6) is 0 Å². The molecular formula is C17H26ClNOS. The second kappa shape index (κ2) is 9.37. The SMILES string of the molecule is CC(C)(C)Sc1ccc(Cl)cc1.O=CNC1CCCCC1. The van der Waals surface area contributed by atoms with Gasteiger partial charge in [0.1, 0.15) is 0 Å². The van der Waals surface area contributed by atoms with Gasteiger partial charge >= 0.3 is 0 Å². The third-order valence-electron chi connectivity index (χ3n) is 3.15. The van der Waals surface area contributed by atoms with E-state index in [9.17, 15) is 4.79 Å². The number of hydrogen-bond donors (Lipinski definition) is 1. The Kier molecular flexibility index (Phi) is 8.20. The summed E-state index contributed by atoms with van der Waals surface area (Å²) in [5.41, 5.74) is 0. The largest absolute Gasteiger partial charge is 0.356 e. The van der Waals surface area contributed by atoms with Crippen molar-refractivity contribution in [3.63, 3.8) is 0 Å². The highest BCUT2D eigenvalue weighted by atomic mass is 35.5. The zero-order valence-electron chi connectivity index (χ0n) is 13.2. The molecule has 1 aliphatic carbocycles. The van der Waals surface area contributed by atoms with E-state index in [2.05, 4.69) is 38.2 Å². The molecule has 4 heteroatoms. The zero-order chi connectivity index (χ0) is 15.7. The fourth-order valence-corrected chi connectivity index (χ4v) is 3.33. The topological polar surface area (TPSA) is 29.1 Å². The minimum atomic E-state index is 0.272. The van der Waals surface area contributed by atoms with Crippen molar-refractivity contribution in [3.8, 4) is 0 Å². The summed E-state index contributed by atoms with van der Waals surface area (Å²) in [6.45, 7) is 6.60. The molecule has 2 nitrogen and oxygen atoms in total. The van der Waals surface area contributed by atoms with Crippen LogP contribution in [0.2, 0.25) is 5.02 Å². The molecule has 1 aliphatic rings. The highest BCUT2D eigenvalue weighted by Gasteiger charge is 2.11. The number of nitrogens with one attached hydrogen (secondary N) is 1. The zero-order valence-corrected chi connectivity index (χ0v) is 14.8. The van der Waals surface area contributed by atoms with E-state index in [0.717, 1.165) is 11.4 Å². The number of carbonyl (C=O) groups is 1. The van der Waals surface area contributed by atoms with E-state index < -0.39 is 0 Å². The molecule has 0 aromatic heterocycles. The summed E-state index contributed by atoms with van der Waals surface area (Å²) >= 11 is 7.62. The van der Waals surface area contributed by atoms with Crippen molar-refractivity contribution in [1.29, 1.82) is 0 Å². The lowest BCUT2D eigenvalue weighted by atomic mass is 9.96. The molecule has 1 fully saturated rings. The van der Waals surface area contributed by atoms with Gasteiger partial charge in [-0.25, -0.2) is 0 Å². The first-order valence-corrected chi connectivity index (χ1v) is 8.74. The molecule has 118 valence electrons. The van der Waals surface area contributed by atoms with Crippen molar-refractivity contribution in [3.05, 3.63) is 29.3 Å². The van der Waals surface area contributed by atoms with Crippen LogP contribution < -0.4 is 5.32 Å². The Morgan fingerprint density at radius 2 is 1.71 bits per heavy atom. The van der Waals surface area contributed by atoms with Gasteiger partial charge in [-0.05, 0) is 37.1 Å². The van der Waals surface area contributed by atoms with Crippen molar-refractivity contribution in [2.75, 3.05) is 0 Å². The quantitative estimate of drug-likeness (QED) is 0.603. The summed E-state index contributed by atoms with van der Waals surface area (Å²) in [6, 6.07) is 8.44. The fraction of sp³-hybridized carbons (Fsp3) is 0.588. The van der Waals surface area contributed by atoms with Crippen LogP contribution in [0, 0.1) is 0 Å². The highest BCUT2D eigenvalue weighted by Crippen LogP contribution is 2.32. The predicted octanol–water partition coefficient (Wildman–Crippen LogP) is 5.30. The second-order valence-electron chi connectivity index (χ2n) is 6.29.